The first kappa shape index (κ1) is 18.0. The third kappa shape index (κ3) is 3.31. The van der Waals surface area contributed by atoms with Crippen molar-refractivity contribution in [3.05, 3.63) is 75.9 Å². The molecular weight excluding hydrogens is 386 g/mol. The average molecular weight is 405 g/mol. The summed E-state index contributed by atoms with van der Waals surface area (Å²) in [6, 6.07) is 15.0. The van der Waals surface area contributed by atoms with Crippen LogP contribution in [-0.4, -0.2) is 19.9 Å². The third-order valence-electron chi connectivity index (χ3n) is 5.19. The van der Waals surface area contributed by atoms with Gasteiger partial charge in [-0.15, -0.1) is 10.2 Å². The number of hydrogen-bond donors (Lipinski definition) is 1. The van der Waals surface area contributed by atoms with Crippen LogP contribution >= 0.6 is 11.8 Å². The average Bonchev–Trinajstić information content (AvgIpc) is 3.49. The molecule has 0 saturated heterocycles. The lowest BCUT2D eigenvalue weighted by Gasteiger charge is -2.11. The fraction of sp³-hybridized carbons (Fsp3) is 0.227. The predicted molar refractivity (Wildman–Crippen MR) is 112 cm³/mol. The topological polar surface area (TPSA) is 81.2 Å². The summed E-state index contributed by atoms with van der Waals surface area (Å²) in [6.45, 7) is 1.74. The second kappa shape index (κ2) is 7.08. The molecule has 0 aliphatic heterocycles. The maximum absolute atomic E-state index is 12.1. The molecule has 4 aromatic rings. The quantitative estimate of drug-likeness (QED) is 0.387. The molecule has 29 heavy (non-hydrogen) atoms. The molecule has 2 aromatic heterocycles. The number of phenols is 1. The molecule has 2 heterocycles. The van der Waals surface area contributed by atoms with Crippen LogP contribution in [-0.2, 0) is 5.75 Å². The number of hydrogen-bond acceptors (Lipinski definition) is 6. The molecule has 0 radical (unpaired) electrons. The minimum absolute atomic E-state index is 0.114. The van der Waals surface area contributed by atoms with Crippen LogP contribution in [0.2, 0.25) is 0 Å². The number of phenolic OH excluding ortho intramolecular Hbond substituents is 1. The van der Waals surface area contributed by atoms with Gasteiger partial charge in [-0.25, -0.2) is 4.79 Å². The van der Waals surface area contributed by atoms with Crippen molar-refractivity contribution in [2.45, 2.75) is 36.6 Å². The summed E-state index contributed by atoms with van der Waals surface area (Å²) in [6.07, 6.45) is 2.28. The van der Waals surface area contributed by atoms with E-state index in [1.165, 1.54) is 6.07 Å². The molecule has 1 aliphatic rings. The number of rotatable bonds is 5. The molecule has 1 N–H and O–H groups in total. The molecule has 1 aliphatic carbocycles. The Bertz CT molecular complexity index is 1260. The van der Waals surface area contributed by atoms with Gasteiger partial charge in [0.1, 0.15) is 17.2 Å². The molecule has 7 heteroatoms. The highest BCUT2D eigenvalue weighted by atomic mass is 32.2. The van der Waals surface area contributed by atoms with Crippen molar-refractivity contribution in [2.75, 3.05) is 0 Å². The van der Waals surface area contributed by atoms with Crippen LogP contribution in [0.5, 0.6) is 5.75 Å². The Kier molecular flexibility index (Phi) is 4.39. The Hall–Kier alpha value is -3.06. The normalized spacial score (nSPS) is 13.8. The van der Waals surface area contributed by atoms with E-state index in [9.17, 15) is 9.90 Å². The summed E-state index contributed by atoms with van der Waals surface area (Å²) in [5.41, 5.74) is 2.45. The smallest absolute Gasteiger partial charge is 0.336 e. The van der Waals surface area contributed by atoms with Crippen LogP contribution in [0.1, 0.15) is 35.7 Å². The van der Waals surface area contributed by atoms with Crippen LogP contribution in [0, 0.1) is 6.92 Å². The van der Waals surface area contributed by atoms with Gasteiger partial charge in [0.15, 0.2) is 5.16 Å². The molecule has 0 spiro atoms. The van der Waals surface area contributed by atoms with Crippen LogP contribution in [0.25, 0.3) is 16.7 Å². The first-order chi connectivity index (χ1) is 14.1. The Morgan fingerprint density at radius 1 is 1.17 bits per heavy atom. The van der Waals surface area contributed by atoms with E-state index < -0.39 is 5.63 Å². The summed E-state index contributed by atoms with van der Waals surface area (Å²) in [7, 11) is 0. The number of fused-ring (bicyclic) bond motifs is 1. The first-order valence-corrected chi connectivity index (χ1v) is 10.5. The van der Waals surface area contributed by atoms with Gasteiger partial charge in [0.25, 0.3) is 0 Å². The Morgan fingerprint density at radius 3 is 2.72 bits per heavy atom. The lowest BCUT2D eigenvalue weighted by Crippen LogP contribution is -2.03. The molecule has 1 fully saturated rings. The van der Waals surface area contributed by atoms with Crippen LogP contribution in [0.3, 0.4) is 0 Å². The second-order valence-electron chi connectivity index (χ2n) is 7.25. The molecule has 0 amide bonds. The highest BCUT2D eigenvalue weighted by molar-refractivity contribution is 7.98. The first-order valence-electron chi connectivity index (χ1n) is 9.50. The van der Waals surface area contributed by atoms with Gasteiger partial charge in [-0.3, -0.25) is 4.57 Å². The summed E-state index contributed by atoms with van der Waals surface area (Å²) >= 11 is 1.54. The van der Waals surface area contributed by atoms with E-state index in [0.717, 1.165) is 40.5 Å². The van der Waals surface area contributed by atoms with Gasteiger partial charge in [-0.2, -0.15) is 0 Å². The van der Waals surface area contributed by atoms with Crippen molar-refractivity contribution in [1.29, 1.82) is 0 Å². The largest absolute Gasteiger partial charge is 0.508 e. The molecule has 0 unspecified atom stereocenters. The van der Waals surface area contributed by atoms with E-state index >= 15 is 0 Å². The zero-order valence-electron chi connectivity index (χ0n) is 15.8. The maximum Gasteiger partial charge on any atom is 0.336 e. The van der Waals surface area contributed by atoms with Crippen molar-refractivity contribution < 1.29 is 9.52 Å². The van der Waals surface area contributed by atoms with Gasteiger partial charge in [0.05, 0.1) is 0 Å². The number of thioether (sulfide) groups is 1. The van der Waals surface area contributed by atoms with E-state index in [1.807, 2.05) is 18.2 Å². The van der Waals surface area contributed by atoms with Gasteiger partial charge >= 0.3 is 5.63 Å². The number of aryl methyl sites for hydroxylation is 1. The maximum atomic E-state index is 12.1. The predicted octanol–water partition coefficient (Wildman–Crippen LogP) is 4.56. The Morgan fingerprint density at radius 2 is 1.97 bits per heavy atom. The van der Waals surface area contributed by atoms with Gasteiger partial charge in [-0.05, 0) is 49.6 Å². The molecule has 1 saturated carbocycles. The highest BCUT2D eigenvalue weighted by Crippen LogP contribution is 2.41. The molecule has 6 nitrogen and oxygen atoms in total. The van der Waals surface area contributed by atoms with Gasteiger partial charge < -0.3 is 9.52 Å². The monoisotopic (exact) mass is 405 g/mol. The van der Waals surface area contributed by atoms with Crippen molar-refractivity contribution >= 4 is 22.7 Å². The van der Waals surface area contributed by atoms with Crippen LogP contribution < -0.4 is 5.63 Å². The molecule has 0 atom stereocenters. The van der Waals surface area contributed by atoms with E-state index in [4.69, 9.17) is 4.42 Å². The van der Waals surface area contributed by atoms with Crippen LogP contribution in [0.15, 0.2) is 62.9 Å². The lowest BCUT2D eigenvalue weighted by molar-refractivity contribution is 0.468. The summed E-state index contributed by atoms with van der Waals surface area (Å²) in [5.74, 6) is 2.12. The van der Waals surface area contributed by atoms with Crippen molar-refractivity contribution in [3.63, 3.8) is 0 Å². The van der Waals surface area contributed by atoms with E-state index in [-0.39, 0.29) is 5.75 Å². The fourth-order valence-corrected chi connectivity index (χ4v) is 4.43. The summed E-state index contributed by atoms with van der Waals surface area (Å²) in [4.78, 5) is 12.1. The minimum atomic E-state index is -0.426. The van der Waals surface area contributed by atoms with Crippen molar-refractivity contribution in [1.82, 2.24) is 14.8 Å². The summed E-state index contributed by atoms with van der Waals surface area (Å²) in [5, 5.41) is 20.5. The molecular formula is C22H19N3O3S. The number of aromatic nitrogens is 3. The molecule has 0 bridgehead atoms. The van der Waals surface area contributed by atoms with E-state index in [0.29, 0.717) is 22.8 Å². The number of para-hydroxylation sites is 1. The second-order valence-corrected chi connectivity index (χ2v) is 8.19. The van der Waals surface area contributed by atoms with Crippen molar-refractivity contribution in [3.8, 4) is 11.4 Å². The van der Waals surface area contributed by atoms with E-state index in [1.54, 1.807) is 30.8 Å². The van der Waals surface area contributed by atoms with Gasteiger partial charge in [0, 0.05) is 34.4 Å². The van der Waals surface area contributed by atoms with Crippen molar-refractivity contribution in [2.24, 2.45) is 0 Å². The minimum Gasteiger partial charge on any atom is -0.508 e. The van der Waals surface area contributed by atoms with E-state index in [2.05, 4.69) is 26.9 Å². The SMILES string of the molecule is Cc1c(O)ccc2c(CSc3nnc(C4CC4)n3-c3ccccc3)cc(=O)oc12. The Labute approximate surface area is 171 Å². The standard InChI is InChI=1S/C22H19N3O3S/c1-13-18(26)10-9-17-15(11-19(27)28-20(13)17)12-29-22-24-23-21(14-7-8-14)25(22)16-5-3-2-4-6-16/h2-6,9-11,14,26H,7-8,12H2,1H3. The number of benzene rings is 2. The number of nitrogens with zero attached hydrogens (tertiary/aromatic N) is 3. The highest BCUT2D eigenvalue weighted by Gasteiger charge is 2.31. The molecule has 146 valence electrons. The third-order valence-corrected chi connectivity index (χ3v) is 6.17. The van der Waals surface area contributed by atoms with Gasteiger partial charge in [0.2, 0.25) is 0 Å². The number of aromatic hydroxyl groups is 1. The lowest BCUT2D eigenvalue weighted by atomic mass is 10.1. The fourth-order valence-electron chi connectivity index (χ4n) is 3.48. The Balaban J connectivity index is 1.53. The zero-order chi connectivity index (χ0) is 20.0. The molecule has 5 rings (SSSR count). The zero-order valence-corrected chi connectivity index (χ0v) is 16.6. The van der Waals surface area contributed by atoms with Gasteiger partial charge in [-0.1, -0.05) is 30.0 Å². The van der Waals surface area contributed by atoms with Crippen LogP contribution in [0.4, 0.5) is 0 Å². The summed E-state index contributed by atoms with van der Waals surface area (Å²) < 4.78 is 7.46. The molecule has 2 aromatic carbocycles.